The van der Waals surface area contributed by atoms with Gasteiger partial charge in [0.2, 0.25) is 5.91 Å². The van der Waals surface area contributed by atoms with Crippen LogP contribution in [0.1, 0.15) is 59.8 Å². The lowest BCUT2D eigenvalue weighted by molar-refractivity contribution is -0.119. The maximum absolute atomic E-state index is 12.9. The Kier molecular flexibility index (Phi) is 5.77. The second kappa shape index (κ2) is 8.42. The molecule has 0 aliphatic carbocycles. The summed E-state index contributed by atoms with van der Waals surface area (Å²) in [6.45, 7) is 12.8. The Hall–Kier alpha value is -2.76. The molecule has 2 aliphatic rings. The summed E-state index contributed by atoms with van der Waals surface area (Å²) in [5.74, 6) is 1.19. The molecule has 0 aromatic carbocycles. The number of fused-ring (bicyclic) bond motifs is 1. The molecular formula is C23H29BClN7O3. The van der Waals surface area contributed by atoms with Crippen molar-refractivity contribution in [2.24, 2.45) is 0 Å². The molecule has 12 heteroatoms. The average Bonchev–Trinajstić information content (AvgIpc) is 3.44. The molecule has 10 nitrogen and oxygen atoms in total. The Labute approximate surface area is 209 Å². The monoisotopic (exact) mass is 497 g/mol. The topological polar surface area (TPSA) is 100 Å². The summed E-state index contributed by atoms with van der Waals surface area (Å²) < 4.78 is 15.8. The van der Waals surface area contributed by atoms with Gasteiger partial charge >= 0.3 is 7.12 Å². The van der Waals surface area contributed by atoms with Gasteiger partial charge in [-0.2, -0.15) is 10.2 Å². The minimum absolute atomic E-state index is 0.00829. The SMILES string of the molecule is CC(C)n1ncc(Cl)c1-c1cc2n(n1)CCC(=O)N2Cc1ncc(B2OC(C)(C)C(C)(C)O2)cn1. The smallest absolute Gasteiger partial charge is 0.399 e. The maximum Gasteiger partial charge on any atom is 0.498 e. The van der Waals surface area contributed by atoms with Crippen LogP contribution >= 0.6 is 11.6 Å². The van der Waals surface area contributed by atoms with Gasteiger partial charge in [0, 0.05) is 36.4 Å². The van der Waals surface area contributed by atoms with Crippen molar-refractivity contribution in [3.8, 4) is 11.4 Å². The maximum atomic E-state index is 12.9. The van der Waals surface area contributed by atoms with Crippen molar-refractivity contribution in [1.29, 1.82) is 0 Å². The van der Waals surface area contributed by atoms with Gasteiger partial charge < -0.3 is 9.31 Å². The van der Waals surface area contributed by atoms with E-state index in [2.05, 4.69) is 15.1 Å². The molecule has 5 rings (SSSR count). The van der Waals surface area contributed by atoms with Crippen molar-refractivity contribution >= 4 is 35.9 Å². The predicted octanol–water partition coefficient (Wildman–Crippen LogP) is 3.01. The van der Waals surface area contributed by atoms with E-state index in [1.807, 2.05) is 57.0 Å². The summed E-state index contributed by atoms with van der Waals surface area (Å²) in [6.07, 6.45) is 5.36. The van der Waals surface area contributed by atoms with Gasteiger partial charge in [-0.1, -0.05) is 11.6 Å². The van der Waals surface area contributed by atoms with Gasteiger partial charge in [-0.3, -0.25) is 14.4 Å². The van der Waals surface area contributed by atoms with Gasteiger partial charge in [0.05, 0.1) is 35.5 Å². The number of anilines is 1. The van der Waals surface area contributed by atoms with Gasteiger partial charge in [-0.25, -0.2) is 14.6 Å². The molecular weight excluding hydrogens is 469 g/mol. The highest BCUT2D eigenvalue weighted by Gasteiger charge is 2.52. The quantitative estimate of drug-likeness (QED) is 0.500. The zero-order valence-corrected chi connectivity index (χ0v) is 21.6. The molecule has 0 radical (unpaired) electrons. The van der Waals surface area contributed by atoms with E-state index in [1.54, 1.807) is 23.5 Å². The molecule has 0 saturated carbocycles. The molecule has 1 fully saturated rings. The van der Waals surface area contributed by atoms with Gasteiger partial charge in [0.25, 0.3) is 0 Å². The number of aryl methyl sites for hydroxylation is 1. The largest absolute Gasteiger partial charge is 0.498 e. The number of aromatic nitrogens is 6. The van der Waals surface area contributed by atoms with Crippen molar-refractivity contribution in [3.05, 3.63) is 35.5 Å². The number of carbonyl (C=O) groups is 1. The van der Waals surface area contributed by atoms with Gasteiger partial charge in [-0.05, 0) is 41.5 Å². The molecule has 1 saturated heterocycles. The fourth-order valence-electron chi connectivity index (χ4n) is 4.20. The normalized spacial score (nSPS) is 19.0. The Bertz CT molecular complexity index is 1250. The molecule has 5 heterocycles. The van der Waals surface area contributed by atoms with E-state index >= 15 is 0 Å². The van der Waals surface area contributed by atoms with E-state index in [0.717, 1.165) is 11.2 Å². The van der Waals surface area contributed by atoms with Crippen LogP contribution in [0, 0.1) is 0 Å². The number of carbonyl (C=O) groups excluding carboxylic acids is 1. The number of hydrogen-bond donors (Lipinski definition) is 0. The van der Waals surface area contributed by atoms with Crippen LogP contribution in [0.4, 0.5) is 5.82 Å². The minimum atomic E-state index is -0.537. The molecule has 184 valence electrons. The molecule has 0 spiro atoms. The second-order valence-corrected chi connectivity index (χ2v) is 10.6. The number of nitrogens with zero attached hydrogens (tertiary/aromatic N) is 7. The van der Waals surface area contributed by atoms with Crippen molar-refractivity contribution in [2.75, 3.05) is 4.90 Å². The van der Waals surface area contributed by atoms with E-state index in [0.29, 0.717) is 35.3 Å². The summed E-state index contributed by atoms with van der Waals surface area (Å²) in [7, 11) is -0.537. The van der Waals surface area contributed by atoms with Crippen LogP contribution in [0.2, 0.25) is 5.02 Å². The van der Waals surface area contributed by atoms with Crippen molar-refractivity contribution in [1.82, 2.24) is 29.5 Å². The summed E-state index contributed by atoms with van der Waals surface area (Å²) >= 11 is 6.43. The number of amides is 1. The Balaban J connectivity index is 1.39. The van der Waals surface area contributed by atoms with E-state index < -0.39 is 18.3 Å². The zero-order chi connectivity index (χ0) is 25.1. The van der Waals surface area contributed by atoms with E-state index in [-0.39, 0.29) is 18.5 Å². The van der Waals surface area contributed by atoms with Crippen LogP contribution in [-0.2, 0) is 27.2 Å². The van der Waals surface area contributed by atoms with Crippen LogP contribution in [0.15, 0.2) is 24.7 Å². The van der Waals surface area contributed by atoms with Gasteiger partial charge in [0.15, 0.2) is 0 Å². The molecule has 0 bridgehead atoms. The third kappa shape index (κ3) is 4.15. The Morgan fingerprint density at radius 2 is 1.77 bits per heavy atom. The molecule has 0 atom stereocenters. The first-order valence-electron chi connectivity index (χ1n) is 11.7. The highest BCUT2D eigenvalue weighted by atomic mass is 35.5. The van der Waals surface area contributed by atoms with Crippen molar-refractivity contribution in [2.45, 2.75) is 78.3 Å². The highest BCUT2D eigenvalue weighted by molar-refractivity contribution is 6.61. The fourth-order valence-corrected chi connectivity index (χ4v) is 4.43. The predicted molar refractivity (Wildman–Crippen MR) is 132 cm³/mol. The fraction of sp³-hybridized carbons (Fsp3) is 0.522. The van der Waals surface area contributed by atoms with Crippen molar-refractivity contribution in [3.63, 3.8) is 0 Å². The highest BCUT2D eigenvalue weighted by Crippen LogP contribution is 2.36. The average molecular weight is 498 g/mol. The van der Waals surface area contributed by atoms with Crippen LogP contribution < -0.4 is 10.4 Å². The molecule has 2 aliphatic heterocycles. The summed E-state index contributed by atoms with van der Waals surface area (Å²) in [5, 5.41) is 9.62. The lowest BCUT2D eigenvalue weighted by atomic mass is 9.81. The molecule has 3 aromatic rings. The third-order valence-electron chi connectivity index (χ3n) is 6.91. The molecule has 1 amide bonds. The number of hydrogen-bond acceptors (Lipinski definition) is 7. The second-order valence-electron chi connectivity index (χ2n) is 10.2. The van der Waals surface area contributed by atoms with E-state index in [1.165, 1.54) is 0 Å². The minimum Gasteiger partial charge on any atom is -0.399 e. The van der Waals surface area contributed by atoms with Crippen LogP contribution in [0.3, 0.4) is 0 Å². The van der Waals surface area contributed by atoms with Gasteiger partial charge in [0.1, 0.15) is 23.0 Å². The van der Waals surface area contributed by atoms with Crippen molar-refractivity contribution < 1.29 is 14.1 Å². The number of halogens is 1. The summed E-state index contributed by atoms with van der Waals surface area (Å²) in [6, 6.07) is 1.99. The first-order chi connectivity index (χ1) is 16.5. The van der Waals surface area contributed by atoms with E-state index in [4.69, 9.17) is 26.0 Å². The van der Waals surface area contributed by atoms with E-state index in [9.17, 15) is 4.79 Å². The van der Waals surface area contributed by atoms with Crippen LogP contribution in [0.5, 0.6) is 0 Å². The van der Waals surface area contributed by atoms with Crippen LogP contribution in [-0.4, -0.2) is 53.8 Å². The summed E-state index contributed by atoms with van der Waals surface area (Å²) in [5.41, 5.74) is 1.26. The van der Waals surface area contributed by atoms with Gasteiger partial charge in [-0.15, -0.1) is 0 Å². The lowest BCUT2D eigenvalue weighted by Gasteiger charge is -2.32. The number of rotatable bonds is 5. The molecule has 0 N–H and O–H groups in total. The molecule has 35 heavy (non-hydrogen) atoms. The third-order valence-corrected chi connectivity index (χ3v) is 7.18. The first-order valence-corrected chi connectivity index (χ1v) is 12.1. The Morgan fingerprint density at radius 1 is 1.11 bits per heavy atom. The molecule has 0 unspecified atom stereocenters. The first kappa shape index (κ1) is 24.0. The van der Waals surface area contributed by atoms with Crippen LogP contribution in [0.25, 0.3) is 11.4 Å². The standard InChI is InChI=1S/C23H29BClN7O3/c1-14(2)32-21(16(25)12-28-32)17-9-19-30(20(33)7-8-31(19)29-17)13-18-26-10-15(11-27-18)24-34-22(3,4)23(5,6)35-24/h9-12,14H,7-8,13H2,1-6H3. The zero-order valence-electron chi connectivity index (χ0n) is 20.8. The summed E-state index contributed by atoms with van der Waals surface area (Å²) in [4.78, 5) is 23.5. The Morgan fingerprint density at radius 3 is 2.40 bits per heavy atom. The molecule has 3 aromatic heterocycles. The lowest BCUT2D eigenvalue weighted by Crippen LogP contribution is -2.41.